The summed E-state index contributed by atoms with van der Waals surface area (Å²) in [5.74, 6) is 0.259. The smallest absolute Gasteiger partial charge is 0.147 e. The first-order chi connectivity index (χ1) is 7.53. The van der Waals surface area contributed by atoms with Crippen LogP contribution in [0.3, 0.4) is 0 Å². The van der Waals surface area contributed by atoms with Gasteiger partial charge in [0, 0.05) is 31.2 Å². The number of hydrogen-bond acceptors (Lipinski definition) is 3. The van der Waals surface area contributed by atoms with Gasteiger partial charge in [-0.05, 0) is 32.0 Å². The second kappa shape index (κ2) is 6.06. The Hall–Kier alpha value is -0.810. The highest BCUT2D eigenvalue weighted by molar-refractivity contribution is 7.90. The van der Waals surface area contributed by atoms with E-state index in [4.69, 9.17) is 0 Å². The van der Waals surface area contributed by atoms with Gasteiger partial charge in [0.1, 0.15) is 9.84 Å². The molecule has 0 aliphatic rings. The van der Waals surface area contributed by atoms with Crippen LogP contribution in [0.4, 0.5) is 0 Å². The van der Waals surface area contributed by atoms with Crippen molar-refractivity contribution < 1.29 is 8.42 Å². The number of hydrogen-bond donors (Lipinski definition) is 1. The molecule has 1 aromatic rings. The van der Waals surface area contributed by atoms with E-state index in [1.807, 2.05) is 12.3 Å². The fourth-order valence-electron chi connectivity index (χ4n) is 1.59. The highest BCUT2D eigenvalue weighted by Gasteiger charge is 2.01. The summed E-state index contributed by atoms with van der Waals surface area (Å²) in [6, 6.07) is 4.10. The van der Waals surface area contributed by atoms with Crippen molar-refractivity contribution in [2.24, 2.45) is 0 Å². The normalized spacial score (nSPS) is 11.9. The zero-order valence-electron chi connectivity index (χ0n) is 9.94. The van der Waals surface area contributed by atoms with Gasteiger partial charge in [0.05, 0.1) is 5.75 Å². The van der Waals surface area contributed by atoms with Crippen LogP contribution in [0.5, 0.6) is 0 Å². The Bertz CT molecular complexity index is 409. The van der Waals surface area contributed by atoms with Gasteiger partial charge in [0.2, 0.25) is 0 Å². The molecular weight excluding hydrogens is 224 g/mol. The van der Waals surface area contributed by atoms with Crippen LogP contribution in [0.1, 0.15) is 19.0 Å². The van der Waals surface area contributed by atoms with Crippen LogP contribution in [0, 0.1) is 0 Å². The highest BCUT2D eigenvalue weighted by Crippen LogP contribution is 2.01. The molecule has 1 aromatic heterocycles. The second-order valence-corrected chi connectivity index (χ2v) is 6.21. The van der Waals surface area contributed by atoms with Crippen molar-refractivity contribution in [1.82, 2.24) is 9.88 Å². The van der Waals surface area contributed by atoms with Gasteiger partial charge < -0.3 is 9.88 Å². The van der Waals surface area contributed by atoms with Gasteiger partial charge in [0.25, 0.3) is 0 Å². The molecule has 0 saturated heterocycles. The predicted molar refractivity (Wildman–Crippen MR) is 66.1 cm³/mol. The third-order valence-corrected chi connectivity index (χ3v) is 3.47. The number of aryl methyl sites for hydroxylation is 1. The maximum absolute atomic E-state index is 10.9. The molecule has 0 radical (unpaired) electrons. The van der Waals surface area contributed by atoms with Crippen molar-refractivity contribution in [3.63, 3.8) is 0 Å². The molecule has 0 spiro atoms. The summed E-state index contributed by atoms with van der Waals surface area (Å²) < 4.78 is 24.0. The van der Waals surface area contributed by atoms with Crippen LogP contribution < -0.4 is 5.32 Å². The first kappa shape index (κ1) is 13.3. The van der Waals surface area contributed by atoms with E-state index in [1.54, 1.807) is 0 Å². The topological polar surface area (TPSA) is 51.1 Å². The summed E-state index contributed by atoms with van der Waals surface area (Å²) in [6.07, 6.45) is 3.99. The average Bonchev–Trinajstić information content (AvgIpc) is 2.63. The lowest BCUT2D eigenvalue weighted by Gasteiger charge is -2.07. The van der Waals surface area contributed by atoms with E-state index >= 15 is 0 Å². The maximum atomic E-state index is 10.9. The van der Waals surface area contributed by atoms with Crippen molar-refractivity contribution in [1.29, 1.82) is 0 Å². The molecule has 0 saturated carbocycles. The maximum Gasteiger partial charge on any atom is 0.147 e. The molecule has 1 rings (SSSR count). The Balaban J connectivity index is 2.21. The van der Waals surface area contributed by atoms with Crippen LogP contribution in [0.25, 0.3) is 0 Å². The molecule has 0 amide bonds. The molecule has 0 bridgehead atoms. The lowest BCUT2D eigenvalue weighted by Crippen LogP contribution is -2.19. The molecule has 1 heterocycles. The van der Waals surface area contributed by atoms with Crippen molar-refractivity contribution in [2.75, 3.05) is 18.6 Å². The van der Waals surface area contributed by atoms with Gasteiger partial charge in [-0.15, -0.1) is 0 Å². The SMILES string of the molecule is CCn1cccc1CNCCCS(C)(=O)=O. The Morgan fingerprint density at radius 2 is 2.19 bits per heavy atom. The van der Waals surface area contributed by atoms with Gasteiger partial charge in [-0.1, -0.05) is 0 Å². The fourth-order valence-corrected chi connectivity index (χ4v) is 2.26. The molecule has 0 aliphatic heterocycles. The third kappa shape index (κ3) is 4.81. The molecule has 92 valence electrons. The van der Waals surface area contributed by atoms with Crippen molar-refractivity contribution in [3.05, 3.63) is 24.0 Å². The quantitative estimate of drug-likeness (QED) is 0.729. The Morgan fingerprint density at radius 1 is 1.44 bits per heavy atom. The molecular formula is C11H20N2O2S. The average molecular weight is 244 g/mol. The van der Waals surface area contributed by atoms with Crippen molar-refractivity contribution in [2.45, 2.75) is 26.4 Å². The van der Waals surface area contributed by atoms with E-state index in [1.165, 1.54) is 11.9 Å². The molecule has 0 unspecified atom stereocenters. The van der Waals surface area contributed by atoms with Crippen LogP contribution in [0.2, 0.25) is 0 Å². The van der Waals surface area contributed by atoms with Gasteiger partial charge in [-0.3, -0.25) is 0 Å². The summed E-state index contributed by atoms with van der Waals surface area (Å²) in [5.41, 5.74) is 1.24. The molecule has 0 atom stereocenters. The predicted octanol–water partition coefficient (Wildman–Crippen LogP) is 1.03. The molecule has 16 heavy (non-hydrogen) atoms. The second-order valence-electron chi connectivity index (χ2n) is 3.95. The Morgan fingerprint density at radius 3 is 2.81 bits per heavy atom. The first-order valence-corrected chi connectivity index (χ1v) is 7.61. The van der Waals surface area contributed by atoms with E-state index in [9.17, 15) is 8.42 Å². The van der Waals surface area contributed by atoms with E-state index in [0.29, 0.717) is 6.42 Å². The van der Waals surface area contributed by atoms with Crippen LogP contribution >= 0.6 is 0 Å². The number of aromatic nitrogens is 1. The Labute approximate surface area is 97.6 Å². The summed E-state index contributed by atoms with van der Waals surface area (Å²) in [5, 5.41) is 3.25. The van der Waals surface area contributed by atoms with E-state index < -0.39 is 9.84 Å². The molecule has 0 aromatic carbocycles. The molecule has 1 N–H and O–H groups in total. The van der Waals surface area contributed by atoms with Crippen molar-refractivity contribution in [3.8, 4) is 0 Å². The standard InChI is InChI=1S/C11H20N2O2S/c1-3-13-8-4-6-11(13)10-12-7-5-9-16(2,14)15/h4,6,8,12H,3,5,7,9-10H2,1-2H3. The Kier molecular flexibility index (Phi) is 5.02. The van der Waals surface area contributed by atoms with E-state index in [0.717, 1.165) is 19.6 Å². The number of rotatable bonds is 7. The van der Waals surface area contributed by atoms with Crippen LogP contribution in [0.15, 0.2) is 18.3 Å². The minimum Gasteiger partial charge on any atom is -0.351 e. The minimum atomic E-state index is -2.82. The zero-order valence-corrected chi connectivity index (χ0v) is 10.8. The third-order valence-electron chi connectivity index (χ3n) is 2.44. The lowest BCUT2D eigenvalue weighted by molar-refractivity contribution is 0.590. The number of sulfone groups is 1. The molecule has 4 nitrogen and oxygen atoms in total. The largest absolute Gasteiger partial charge is 0.351 e. The molecule has 0 aliphatic carbocycles. The van der Waals surface area contributed by atoms with Gasteiger partial charge in [-0.25, -0.2) is 8.42 Å². The summed E-state index contributed by atoms with van der Waals surface area (Å²) in [4.78, 5) is 0. The lowest BCUT2D eigenvalue weighted by atomic mass is 10.4. The first-order valence-electron chi connectivity index (χ1n) is 5.55. The van der Waals surface area contributed by atoms with Crippen LogP contribution in [-0.2, 0) is 22.9 Å². The zero-order chi connectivity index (χ0) is 12.0. The van der Waals surface area contributed by atoms with Gasteiger partial charge >= 0.3 is 0 Å². The summed E-state index contributed by atoms with van der Waals surface area (Å²) in [6.45, 7) is 4.60. The minimum absolute atomic E-state index is 0.259. The number of nitrogens with zero attached hydrogens (tertiary/aromatic N) is 1. The molecule has 5 heteroatoms. The van der Waals surface area contributed by atoms with E-state index in [-0.39, 0.29) is 5.75 Å². The van der Waals surface area contributed by atoms with Crippen LogP contribution in [-0.4, -0.2) is 31.5 Å². The van der Waals surface area contributed by atoms with Crippen molar-refractivity contribution >= 4 is 9.84 Å². The monoisotopic (exact) mass is 244 g/mol. The summed E-state index contributed by atoms with van der Waals surface area (Å²) >= 11 is 0. The summed E-state index contributed by atoms with van der Waals surface area (Å²) in [7, 11) is -2.82. The fraction of sp³-hybridized carbons (Fsp3) is 0.636. The van der Waals surface area contributed by atoms with E-state index in [2.05, 4.69) is 22.9 Å². The highest BCUT2D eigenvalue weighted by atomic mass is 32.2. The number of nitrogens with one attached hydrogen (secondary N) is 1. The van der Waals surface area contributed by atoms with Gasteiger partial charge in [0.15, 0.2) is 0 Å². The van der Waals surface area contributed by atoms with Gasteiger partial charge in [-0.2, -0.15) is 0 Å². The molecule has 0 fully saturated rings.